The lowest BCUT2D eigenvalue weighted by Crippen LogP contribution is -2.42. The summed E-state index contributed by atoms with van der Waals surface area (Å²) in [5.74, 6) is 0.0920. The molecule has 0 aliphatic rings. The Morgan fingerprint density at radius 1 is 1.33 bits per heavy atom. The highest BCUT2D eigenvalue weighted by atomic mass is 16.7. The summed E-state index contributed by atoms with van der Waals surface area (Å²) in [6.07, 6.45) is 0. The molecule has 1 heterocycles. The number of hydrogen-bond donors (Lipinski definition) is 1. The standard InChI is InChI=1S/C13H15N3O2/c1-9(13(14)17)16(18-2)12-8-7-10-5-3-4-6-11(10)15-12/h3-9H,1-2H3,(H2,14,17). The molecule has 0 spiro atoms. The molecule has 0 radical (unpaired) electrons. The van der Waals surface area contributed by atoms with Gasteiger partial charge in [-0.05, 0) is 25.1 Å². The minimum atomic E-state index is -0.580. The van der Waals surface area contributed by atoms with Gasteiger partial charge in [0.1, 0.15) is 6.04 Å². The lowest BCUT2D eigenvalue weighted by molar-refractivity contribution is -0.120. The van der Waals surface area contributed by atoms with Crippen molar-refractivity contribution >= 4 is 22.6 Å². The highest BCUT2D eigenvalue weighted by Gasteiger charge is 2.20. The lowest BCUT2D eigenvalue weighted by Gasteiger charge is -2.25. The molecule has 18 heavy (non-hydrogen) atoms. The summed E-state index contributed by atoms with van der Waals surface area (Å²) in [6, 6.07) is 10.9. The molecule has 0 aliphatic heterocycles. The van der Waals surface area contributed by atoms with Crippen LogP contribution < -0.4 is 10.8 Å². The third-order valence-corrected chi connectivity index (χ3v) is 2.77. The summed E-state index contributed by atoms with van der Waals surface area (Å²) in [7, 11) is 1.48. The Bertz CT molecular complexity index is 571. The van der Waals surface area contributed by atoms with E-state index in [1.54, 1.807) is 13.0 Å². The lowest BCUT2D eigenvalue weighted by atomic mass is 10.2. The van der Waals surface area contributed by atoms with Crippen LogP contribution in [-0.2, 0) is 9.63 Å². The maximum absolute atomic E-state index is 11.2. The molecule has 2 N–H and O–H groups in total. The van der Waals surface area contributed by atoms with Crippen LogP contribution in [-0.4, -0.2) is 24.0 Å². The van der Waals surface area contributed by atoms with E-state index in [9.17, 15) is 4.79 Å². The second kappa shape index (κ2) is 5.01. The Labute approximate surface area is 105 Å². The molecule has 1 aromatic carbocycles. The van der Waals surface area contributed by atoms with Crippen molar-refractivity contribution in [3.63, 3.8) is 0 Å². The average Bonchev–Trinajstić information content (AvgIpc) is 2.39. The quantitative estimate of drug-likeness (QED) is 0.828. The van der Waals surface area contributed by atoms with E-state index in [-0.39, 0.29) is 0 Å². The fourth-order valence-corrected chi connectivity index (χ4v) is 1.74. The Kier molecular flexibility index (Phi) is 3.43. The van der Waals surface area contributed by atoms with Gasteiger partial charge in [0.05, 0.1) is 12.6 Å². The van der Waals surface area contributed by atoms with Gasteiger partial charge in [0.2, 0.25) is 5.91 Å². The van der Waals surface area contributed by atoms with Crippen molar-refractivity contribution in [1.29, 1.82) is 0 Å². The second-order valence-corrected chi connectivity index (χ2v) is 3.95. The molecule has 0 saturated heterocycles. The third-order valence-electron chi connectivity index (χ3n) is 2.77. The number of primary amides is 1. The number of fused-ring (bicyclic) bond motifs is 1. The number of anilines is 1. The number of aromatic nitrogens is 1. The van der Waals surface area contributed by atoms with Crippen LogP contribution in [0.2, 0.25) is 0 Å². The maximum atomic E-state index is 11.2. The van der Waals surface area contributed by atoms with E-state index in [0.29, 0.717) is 5.82 Å². The molecule has 2 rings (SSSR count). The fraction of sp³-hybridized carbons (Fsp3) is 0.231. The van der Waals surface area contributed by atoms with Crippen molar-refractivity contribution < 1.29 is 9.63 Å². The zero-order valence-corrected chi connectivity index (χ0v) is 10.3. The second-order valence-electron chi connectivity index (χ2n) is 3.95. The van der Waals surface area contributed by atoms with Crippen LogP contribution >= 0.6 is 0 Å². The summed E-state index contributed by atoms with van der Waals surface area (Å²) < 4.78 is 0. The van der Waals surface area contributed by atoms with E-state index in [0.717, 1.165) is 10.9 Å². The van der Waals surface area contributed by atoms with Crippen LogP contribution in [0.1, 0.15) is 6.92 Å². The zero-order valence-electron chi connectivity index (χ0n) is 10.3. The first-order valence-corrected chi connectivity index (χ1v) is 5.62. The molecule has 1 atom stereocenters. The predicted molar refractivity (Wildman–Crippen MR) is 69.9 cm³/mol. The first kappa shape index (κ1) is 12.3. The number of rotatable bonds is 4. The fourth-order valence-electron chi connectivity index (χ4n) is 1.74. The van der Waals surface area contributed by atoms with Crippen molar-refractivity contribution in [2.75, 3.05) is 12.2 Å². The summed E-state index contributed by atoms with van der Waals surface area (Å²) in [5.41, 5.74) is 6.12. The van der Waals surface area contributed by atoms with E-state index in [2.05, 4.69) is 4.98 Å². The van der Waals surface area contributed by atoms with Crippen LogP contribution in [0.4, 0.5) is 5.82 Å². The van der Waals surface area contributed by atoms with Gasteiger partial charge in [0, 0.05) is 5.39 Å². The third kappa shape index (κ3) is 2.26. The molecule has 0 bridgehead atoms. The summed E-state index contributed by atoms with van der Waals surface area (Å²) in [5, 5.41) is 2.43. The van der Waals surface area contributed by atoms with Crippen LogP contribution in [0.3, 0.4) is 0 Å². The number of nitrogens with two attached hydrogens (primary N) is 1. The maximum Gasteiger partial charge on any atom is 0.242 e. The smallest absolute Gasteiger partial charge is 0.242 e. The number of pyridine rings is 1. The normalized spacial score (nSPS) is 12.3. The summed E-state index contributed by atoms with van der Waals surface area (Å²) in [4.78, 5) is 20.8. The number of nitrogens with zero attached hydrogens (tertiary/aromatic N) is 2. The van der Waals surface area contributed by atoms with Gasteiger partial charge in [-0.3, -0.25) is 9.63 Å². The zero-order chi connectivity index (χ0) is 13.1. The van der Waals surface area contributed by atoms with Crippen LogP contribution in [0.25, 0.3) is 10.9 Å². The largest absolute Gasteiger partial charge is 0.368 e. The monoisotopic (exact) mass is 245 g/mol. The molecule has 0 aliphatic carbocycles. The average molecular weight is 245 g/mol. The number of hydroxylamine groups is 1. The van der Waals surface area contributed by atoms with Gasteiger partial charge < -0.3 is 5.73 Å². The van der Waals surface area contributed by atoms with Crippen molar-refractivity contribution in [2.24, 2.45) is 5.73 Å². The molecule has 1 amide bonds. The van der Waals surface area contributed by atoms with E-state index in [1.807, 2.05) is 30.3 Å². The van der Waals surface area contributed by atoms with Gasteiger partial charge in [-0.15, -0.1) is 0 Å². The van der Waals surface area contributed by atoms with E-state index >= 15 is 0 Å². The molecule has 5 nitrogen and oxygen atoms in total. The number of carbonyl (C=O) groups excluding carboxylic acids is 1. The SMILES string of the molecule is CON(c1ccc2ccccc2n1)C(C)C(N)=O. The summed E-state index contributed by atoms with van der Waals surface area (Å²) in [6.45, 7) is 1.67. The number of carbonyl (C=O) groups is 1. The first-order valence-electron chi connectivity index (χ1n) is 5.62. The Balaban J connectivity index is 2.42. The van der Waals surface area contributed by atoms with E-state index < -0.39 is 11.9 Å². The van der Waals surface area contributed by atoms with Gasteiger partial charge in [-0.2, -0.15) is 0 Å². The van der Waals surface area contributed by atoms with Crippen LogP contribution in [0.15, 0.2) is 36.4 Å². The predicted octanol–water partition coefficient (Wildman–Crippen LogP) is 1.48. The van der Waals surface area contributed by atoms with Gasteiger partial charge in [-0.25, -0.2) is 10.0 Å². The Morgan fingerprint density at radius 3 is 2.72 bits per heavy atom. The van der Waals surface area contributed by atoms with Crippen molar-refractivity contribution in [3.05, 3.63) is 36.4 Å². The number of para-hydroxylation sites is 1. The molecular formula is C13H15N3O2. The van der Waals surface area contributed by atoms with Crippen molar-refractivity contribution in [3.8, 4) is 0 Å². The first-order chi connectivity index (χ1) is 8.63. The minimum Gasteiger partial charge on any atom is -0.368 e. The highest BCUT2D eigenvalue weighted by molar-refractivity contribution is 5.84. The molecule has 2 aromatic rings. The van der Waals surface area contributed by atoms with Gasteiger partial charge in [-0.1, -0.05) is 18.2 Å². The summed E-state index contributed by atoms with van der Waals surface area (Å²) >= 11 is 0. The Morgan fingerprint density at radius 2 is 2.06 bits per heavy atom. The highest BCUT2D eigenvalue weighted by Crippen LogP contribution is 2.19. The number of benzene rings is 1. The van der Waals surface area contributed by atoms with Crippen LogP contribution in [0, 0.1) is 0 Å². The van der Waals surface area contributed by atoms with Gasteiger partial charge >= 0.3 is 0 Å². The van der Waals surface area contributed by atoms with Gasteiger partial charge in [0.15, 0.2) is 5.82 Å². The van der Waals surface area contributed by atoms with Gasteiger partial charge in [0.25, 0.3) is 0 Å². The molecule has 0 saturated carbocycles. The molecular weight excluding hydrogens is 230 g/mol. The van der Waals surface area contributed by atoms with E-state index in [4.69, 9.17) is 10.6 Å². The Hall–Kier alpha value is -2.14. The topological polar surface area (TPSA) is 68.4 Å². The van der Waals surface area contributed by atoms with Crippen LogP contribution in [0.5, 0.6) is 0 Å². The molecule has 1 unspecified atom stereocenters. The molecule has 0 fully saturated rings. The molecule has 94 valence electrons. The molecule has 5 heteroatoms. The minimum absolute atomic E-state index is 0.466. The van der Waals surface area contributed by atoms with Crippen molar-refractivity contribution in [1.82, 2.24) is 4.98 Å². The van der Waals surface area contributed by atoms with E-state index in [1.165, 1.54) is 12.2 Å². The number of amides is 1. The van der Waals surface area contributed by atoms with Crippen molar-refractivity contribution in [2.45, 2.75) is 13.0 Å². The number of hydrogen-bond acceptors (Lipinski definition) is 4. The molecule has 1 aromatic heterocycles.